The zero-order valence-corrected chi connectivity index (χ0v) is 25.5. The first kappa shape index (κ1) is 32.6. The van der Waals surface area contributed by atoms with Crippen LogP contribution in [0.5, 0.6) is 0 Å². The van der Waals surface area contributed by atoms with E-state index in [2.05, 4.69) is 10.6 Å². The SMILES string of the molecule is CC(C)=CC(=O)CC[C@H](NC(=O)OC(C)(C)C)C(=O)N1CC2C(C1C(=O)NC(CC1CCC1)C(O)C(N)=O)C2(C)C. The lowest BCUT2D eigenvalue weighted by Gasteiger charge is -2.36. The minimum atomic E-state index is -1.55. The van der Waals surface area contributed by atoms with Gasteiger partial charge in [-0.3, -0.25) is 19.2 Å². The number of piperidine rings is 1. The highest BCUT2D eigenvalue weighted by Crippen LogP contribution is 2.65. The number of fused-ring (bicyclic) bond motifs is 1. The van der Waals surface area contributed by atoms with E-state index in [0.29, 0.717) is 13.0 Å². The van der Waals surface area contributed by atoms with Gasteiger partial charge < -0.3 is 31.1 Å². The van der Waals surface area contributed by atoms with Gasteiger partial charge in [-0.2, -0.15) is 0 Å². The molecule has 41 heavy (non-hydrogen) atoms. The summed E-state index contributed by atoms with van der Waals surface area (Å²) in [5.41, 5.74) is 5.23. The van der Waals surface area contributed by atoms with Gasteiger partial charge in [-0.25, -0.2) is 4.79 Å². The van der Waals surface area contributed by atoms with Crippen molar-refractivity contribution in [1.29, 1.82) is 0 Å². The number of allylic oxidation sites excluding steroid dienone is 2. The number of nitrogens with two attached hydrogens (primary N) is 1. The Bertz CT molecular complexity index is 1070. The standard InChI is InChI=1S/C30H48N4O7/c1-16(2)13-18(35)11-12-20(33-28(40)41-29(3,4)5)27(39)34-15-19-22(30(19,6)7)23(34)26(38)32-21(24(36)25(31)37)14-17-9-8-10-17/h13,17,19-24,36H,8-12,14-15H2,1-7H3,(H2,31,37)(H,32,38)(H,33,40)/t19?,20-,21?,22?,23?,24?/m0/s1. The Hall–Kier alpha value is -2.95. The molecule has 5 unspecified atom stereocenters. The first-order chi connectivity index (χ1) is 18.9. The zero-order chi connectivity index (χ0) is 30.9. The van der Waals surface area contributed by atoms with Gasteiger partial charge in [-0.1, -0.05) is 38.7 Å². The van der Waals surface area contributed by atoms with Gasteiger partial charge in [0.05, 0.1) is 6.04 Å². The van der Waals surface area contributed by atoms with Crippen molar-refractivity contribution in [2.45, 2.75) is 117 Å². The summed E-state index contributed by atoms with van der Waals surface area (Å²) in [5.74, 6) is -1.80. The summed E-state index contributed by atoms with van der Waals surface area (Å²) in [6.07, 6.45) is 2.60. The van der Waals surface area contributed by atoms with Crippen molar-refractivity contribution in [3.63, 3.8) is 0 Å². The largest absolute Gasteiger partial charge is 0.444 e. The first-order valence-corrected chi connectivity index (χ1v) is 14.7. The number of rotatable bonds is 12. The fourth-order valence-electron chi connectivity index (χ4n) is 6.22. The Morgan fingerprint density at radius 3 is 2.27 bits per heavy atom. The normalized spacial score (nSPS) is 25.1. The average molecular weight is 577 g/mol. The first-order valence-electron chi connectivity index (χ1n) is 14.7. The molecule has 1 heterocycles. The Balaban J connectivity index is 1.83. The quantitative estimate of drug-likeness (QED) is 0.258. The molecule has 0 spiro atoms. The molecular weight excluding hydrogens is 528 g/mol. The van der Waals surface area contributed by atoms with Gasteiger partial charge in [-0.15, -0.1) is 0 Å². The topological polar surface area (TPSA) is 168 Å². The number of aliphatic hydroxyl groups excluding tert-OH is 1. The van der Waals surface area contributed by atoms with Gasteiger partial charge in [0.1, 0.15) is 17.7 Å². The lowest BCUT2D eigenvalue weighted by atomic mass is 9.79. The third-order valence-corrected chi connectivity index (χ3v) is 8.69. The second-order valence-corrected chi connectivity index (χ2v) is 13.8. The van der Waals surface area contributed by atoms with E-state index >= 15 is 0 Å². The van der Waals surface area contributed by atoms with Crippen molar-refractivity contribution in [1.82, 2.24) is 15.5 Å². The Morgan fingerprint density at radius 1 is 1.12 bits per heavy atom. The maximum absolute atomic E-state index is 14.0. The van der Waals surface area contributed by atoms with Crippen molar-refractivity contribution >= 4 is 29.6 Å². The number of amides is 4. The molecule has 4 amide bonds. The van der Waals surface area contributed by atoms with Crippen LogP contribution in [-0.4, -0.2) is 76.0 Å². The number of nitrogens with zero attached hydrogens (tertiary/aromatic N) is 1. The average Bonchev–Trinajstić information content (AvgIpc) is 3.13. The highest BCUT2D eigenvalue weighted by molar-refractivity contribution is 5.94. The van der Waals surface area contributed by atoms with Crippen LogP contribution in [0.2, 0.25) is 0 Å². The fraction of sp³-hybridized carbons (Fsp3) is 0.767. The van der Waals surface area contributed by atoms with Crippen molar-refractivity contribution in [2.24, 2.45) is 28.9 Å². The van der Waals surface area contributed by atoms with Crippen LogP contribution in [0.15, 0.2) is 11.6 Å². The maximum atomic E-state index is 14.0. The van der Waals surface area contributed by atoms with Crippen LogP contribution in [0.4, 0.5) is 4.79 Å². The van der Waals surface area contributed by atoms with E-state index in [0.717, 1.165) is 24.8 Å². The van der Waals surface area contributed by atoms with Crippen molar-refractivity contribution < 1.29 is 33.8 Å². The number of ether oxygens (including phenoxy) is 1. The summed E-state index contributed by atoms with van der Waals surface area (Å²) >= 11 is 0. The number of ketones is 1. The monoisotopic (exact) mass is 576 g/mol. The summed E-state index contributed by atoms with van der Waals surface area (Å²) in [6.45, 7) is 13.1. The van der Waals surface area contributed by atoms with Gasteiger partial charge in [0, 0.05) is 13.0 Å². The van der Waals surface area contributed by atoms with Crippen LogP contribution < -0.4 is 16.4 Å². The maximum Gasteiger partial charge on any atom is 0.408 e. The van der Waals surface area contributed by atoms with E-state index in [9.17, 15) is 29.1 Å². The Labute approximate surface area is 243 Å². The highest BCUT2D eigenvalue weighted by atomic mass is 16.6. The third-order valence-electron chi connectivity index (χ3n) is 8.69. The number of likely N-dealkylation sites (tertiary alicyclic amines) is 1. The molecule has 5 N–H and O–H groups in total. The minimum Gasteiger partial charge on any atom is -0.444 e. The lowest BCUT2D eigenvalue weighted by molar-refractivity contribution is -0.143. The molecule has 2 aliphatic carbocycles. The summed E-state index contributed by atoms with van der Waals surface area (Å²) in [6, 6.07) is -2.80. The molecule has 11 heteroatoms. The molecular formula is C30H48N4O7. The van der Waals surface area contributed by atoms with E-state index in [4.69, 9.17) is 10.5 Å². The van der Waals surface area contributed by atoms with Gasteiger partial charge >= 0.3 is 6.09 Å². The molecule has 0 bridgehead atoms. The van der Waals surface area contributed by atoms with Crippen molar-refractivity contribution in [3.8, 4) is 0 Å². The number of hydrogen-bond acceptors (Lipinski definition) is 7. The number of primary amides is 1. The van der Waals surface area contributed by atoms with E-state index in [1.807, 2.05) is 13.8 Å². The van der Waals surface area contributed by atoms with Gasteiger partial charge in [0.25, 0.3) is 0 Å². The van der Waals surface area contributed by atoms with Crippen LogP contribution in [0.3, 0.4) is 0 Å². The second-order valence-electron chi connectivity index (χ2n) is 13.8. The predicted octanol–water partition coefficient (Wildman–Crippen LogP) is 2.20. The second kappa shape index (κ2) is 12.5. The molecule has 0 radical (unpaired) electrons. The van der Waals surface area contributed by atoms with E-state index in [1.165, 1.54) is 11.0 Å². The van der Waals surface area contributed by atoms with Crippen LogP contribution in [0, 0.1) is 23.2 Å². The van der Waals surface area contributed by atoms with Gasteiger partial charge in [-0.05, 0) is 76.7 Å². The molecule has 0 aromatic rings. The molecule has 11 nitrogen and oxygen atoms in total. The predicted molar refractivity (Wildman–Crippen MR) is 152 cm³/mol. The molecule has 3 rings (SSSR count). The lowest BCUT2D eigenvalue weighted by Crippen LogP contribution is -2.59. The number of aliphatic hydroxyl groups is 1. The van der Waals surface area contributed by atoms with E-state index < -0.39 is 53.6 Å². The number of carbonyl (C=O) groups is 5. The molecule has 0 aromatic heterocycles. The number of alkyl carbamates (subject to hydrolysis) is 1. The van der Waals surface area contributed by atoms with Crippen LogP contribution in [0.25, 0.3) is 0 Å². The molecule has 3 aliphatic rings. The summed E-state index contributed by atoms with van der Waals surface area (Å²) < 4.78 is 5.38. The smallest absolute Gasteiger partial charge is 0.408 e. The number of hydrogen-bond donors (Lipinski definition) is 4. The highest BCUT2D eigenvalue weighted by Gasteiger charge is 2.69. The van der Waals surface area contributed by atoms with E-state index in [-0.39, 0.29) is 41.8 Å². The molecule has 6 atom stereocenters. The molecule has 1 aliphatic heterocycles. The minimum absolute atomic E-state index is 0.0225. The zero-order valence-electron chi connectivity index (χ0n) is 25.5. The third kappa shape index (κ3) is 8.08. The Kier molecular flexibility index (Phi) is 9.93. The van der Waals surface area contributed by atoms with Crippen LogP contribution in [-0.2, 0) is 23.9 Å². The Morgan fingerprint density at radius 2 is 1.76 bits per heavy atom. The molecule has 2 saturated carbocycles. The van der Waals surface area contributed by atoms with Crippen LogP contribution >= 0.6 is 0 Å². The van der Waals surface area contributed by atoms with Crippen molar-refractivity contribution in [2.75, 3.05) is 6.54 Å². The molecule has 0 aromatic carbocycles. The summed E-state index contributed by atoms with van der Waals surface area (Å²) in [7, 11) is 0. The molecule has 230 valence electrons. The molecule has 1 saturated heterocycles. The molecule has 3 fully saturated rings. The number of carbonyl (C=O) groups excluding carboxylic acids is 5. The van der Waals surface area contributed by atoms with Gasteiger partial charge in [0.15, 0.2) is 11.9 Å². The summed E-state index contributed by atoms with van der Waals surface area (Å²) in [5, 5.41) is 16.0. The fourth-order valence-corrected chi connectivity index (χ4v) is 6.22. The van der Waals surface area contributed by atoms with Gasteiger partial charge in [0.2, 0.25) is 17.7 Å². The van der Waals surface area contributed by atoms with Crippen LogP contribution in [0.1, 0.15) is 87.0 Å². The van der Waals surface area contributed by atoms with Crippen molar-refractivity contribution in [3.05, 3.63) is 11.6 Å². The summed E-state index contributed by atoms with van der Waals surface area (Å²) in [4.78, 5) is 66.1. The van der Waals surface area contributed by atoms with E-state index in [1.54, 1.807) is 34.6 Å². The number of nitrogens with one attached hydrogen (secondary N) is 2.